The second-order valence-corrected chi connectivity index (χ2v) is 10.7. The third-order valence-electron chi connectivity index (χ3n) is 6.48. The Morgan fingerprint density at radius 1 is 0.833 bits per heavy atom. The molecule has 0 saturated carbocycles. The van der Waals surface area contributed by atoms with Gasteiger partial charge in [-0.25, -0.2) is 4.79 Å². The molecule has 0 aromatic heterocycles. The number of esters is 1. The Morgan fingerprint density at radius 2 is 1.52 bits per heavy atom. The molecule has 4 rings (SSSR count). The fraction of sp³-hybridized carbons (Fsp3) is 0.212. The van der Waals surface area contributed by atoms with Gasteiger partial charge in [-0.05, 0) is 85.5 Å². The normalized spacial score (nSPS) is 10.9. The standard InChI is InChI=1S/C33H32Cl2N2O5/c1-4-41-33(40)32(39)36-26-14-21(2)31(22(3)15-26)42-27-11-13-30(38)25(17-27)20-37(18-23-8-6-5-7-9-23)19-24-10-12-28(34)29(35)16-24/h5-17,38H,4,18-20H2,1-3H3,(H,36,39). The van der Waals surface area contributed by atoms with E-state index in [0.29, 0.717) is 52.4 Å². The average molecular weight is 608 g/mol. The van der Waals surface area contributed by atoms with Crippen LogP contribution in [0.1, 0.15) is 34.7 Å². The maximum Gasteiger partial charge on any atom is 0.397 e. The predicted molar refractivity (Wildman–Crippen MR) is 165 cm³/mol. The van der Waals surface area contributed by atoms with Gasteiger partial charge in [-0.1, -0.05) is 59.6 Å². The Kier molecular flexibility index (Phi) is 10.5. The van der Waals surface area contributed by atoms with Crippen LogP contribution < -0.4 is 10.1 Å². The van der Waals surface area contributed by atoms with Crippen molar-refractivity contribution in [2.45, 2.75) is 40.4 Å². The maximum atomic E-state index is 12.1. The van der Waals surface area contributed by atoms with E-state index in [1.165, 1.54) is 0 Å². The van der Waals surface area contributed by atoms with Crippen LogP contribution in [0.15, 0.2) is 78.9 Å². The number of amides is 1. The predicted octanol–water partition coefficient (Wildman–Crippen LogP) is 7.81. The van der Waals surface area contributed by atoms with Crippen LogP contribution in [0, 0.1) is 13.8 Å². The average Bonchev–Trinajstić information content (AvgIpc) is 2.95. The van der Waals surface area contributed by atoms with Crippen LogP contribution in [0.25, 0.3) is 0 Å². The van der Waals surface area contributed by atoms with Crippen LogP contribution in [0.4, 0.5) is 5.69 Å². The molecule has 0 aliphatic carbocycles. The molecule has 4 aromatic rings. The van der Waals surface area contributed by atoms with Crippen LogP contribution in [-0.2, 0) is 34.0 Å². The number of phenolic OH excluding ortho intramolecular Hbond substituents is 1. The zero-order valence-electron chi connectivity index (χ0n) is 23.6. The summed E-state index contributed by atoms with van der Waals surface area (Å²) in [5.41, 5.74) is 4.79. The number of anilines is 1. The topological polar surface area (TPSA) is 88.1 Å². The molecular weight excluding hydrogens is 575 g/mol. The molecule has 0 atom stereocenters. The first-order valence-electron chi connectivity index (χ1n) is 13.4. The number of aryl methyl sites for hydroxylation is 2. The molecule has 1 amide bonds. The van der Waals surface area contributed by atoms with Crippen molar-refractivity contribution in [3.05, 3.63) is 117 Å². The number of benzene rings is 4. The van der Waals surface area contributed by atoms with Crippen LogP contribution in [0.5, 0.6) is 17.2 Å². The third-order valence-corrected chi connectivity index (χ3v) is 7.22. The molecule has 0 spiro atoms. The van der Waals surface area contributed by atoms with Gasteiger partial charge in [0.15, 0.2) is 0 Å². The minimum Gasteiger partial charge on any atom is -0.508 e. The Morgan fingerprint density at radius 3 is 2.19 bits per heavy atom. The van der Waals surface area contributed by atoms with E-state index in [9.17, 15) is 14.7 Å². The molecule has 0 aliphatic heterocycles. The number of ether oxygens (including phenoxy) is 2. The number of halogens is 2. The second-order valence-electron chi connectivity index (χ2n) is 9.89. The number of hydrogen-bond donors (Lipinski definition) is 2. The molecule has 0 saturated heterocycles. The first-order valence-corrected chi connectivity index (χ1v) is 14.2. The van der Waals surface area contributed by atoms with Gasteiger partial charge in [0.25, 0.3) is 0 Å². The highest BCUT2D eigenvalue weighted by molar-refractivity contribution is 6.42. The molecule has 42 heavy (non-hydrogen) atoms. The SMILES string of the molecule is CCOC(=O)C(=O)Nc1cc(C)c(Oc2ccc(O)c(CN(Cc3ccccc3)Cc3ccc(Cl)c(Cl)c3)c2)c(C)c1. The first-order chi connectivity index (χ1) is 20.1. The summed E-state index contributed by atoms with van der Waals surface area (Å²) in [6.45, 7) is 7.11. The first kappa shape index (κ1) is 30.9. The lowest BCUT2D eigenvalue weighted by Gasteiger charge is -2.24. The van der Waals surface area contributed by atoms with Crippen molar-refractivity contribution in [2.24, 2.45) is 0 Å². The molecule has 0 fully saturated rings. The van der Waals surface area contributed by atoms with E-state index in [0.717, 1.165) is 22.3 Å². The summed E-state index contributed by atoms with van der Waals surface area (Å²) < 4.78 is 11.0. The van der Waals surface area contributed by atoms with E-state index in [4.69, 9.17) is 32.7 Å². The number of aromatic hydroxyl groups is 1. The molecule has 9 heteroatoms. The summed E-state index contributed by atoms with van der Waals surface area (Å²) in [4.78, 5) is 26.0. The molecule has 218 valence electrons. The van der Waals surface area contributed by atoms with Crippen LogP contribution in [0.2, 0.25) is 10.0 Å². The lowest BCUT2D eigenvalue weighted by molar-refractivity contribution is -0.152. The summed E-state index contributed by atoms with van der Waals surface area (Å²) in [6.07, 6.45) is 0. The molecule has 2 N–H and O–H groups in total. The quantitative estimate of drug-likeness (QED) is 0.141. The third kappa shape index (κ3) is 8.26. The monoisotopic (exact) mass is 606 g/mol. The molecule has 4 aromatic carbocycles. The van der Waals surface area contributed by atoms with Crippen molar-refractivity contribution in [1.82, 2.24) is 4.90 Å². The van der Waals surface area contributed by atoms with Crippen molar-refractivity contribution in [3.63, 3.8) is 0 Å². The van der Waals surface area contributed by atoms with Crippen LogP contribution in [-0.4, -0.2) is 28.5 Å². The largest absolute Gasteiger partial charge is 0.508 e. The van der Waals surface area contributed by atoms with E-state index < -0.39 is 11.9 Å². The van der Waals surface area contributed by atoms with Crippen molar-refractivity contribution >= 4 is 40.8 Å². The van der Waals surface area contributed by atoms with E-state index in [2.05, 4.69) is 22.3 Å². The van der Waals surface area contributed by atoms with Gasteiger partial charge >= 0.3 is 11.9 Å². The number of nitrogens with one attached hydrogen (secondary N) is 1. The van der Waals surface area contributed by atoms with E-state index >= 15 is 0 Å². The number of carbonyl (C=O) groups excluding carboxylic acids is 2. The molecule has 0 heterocycles. The zero-order chi connectivity index (χ0) is 30.2. The molecule has 0 aliphatic rings. The number of rotatable bonds is 10. The van der Waals surface area contributed by atoms with Crippen molar-refractivity contribution < 1.29 is 24.2 Å². The highest BCUT2D eigenvalue weighted by atomic mass is 35.5. The Labute approximate surface area is 255 Å². The minimum atomic E-state index is -0.940. The van der Waals surface area contributed by atoms with Crippen molar-refractivity contribution in [2.75, 3.05) is 11.9 Å². The highest BCUT2D eigenvalue weighted by Crippen LogP contribution is 2.34. The van der Waals surface area contributed by atoms with Crippen LogP contribution >= 0.6 is 23.2 Å². The Balaban J connectivity index is 1.55. The van der Waals surface area contributed by atoms with Gasteiger partial charge in [0.1, 0.15) is 17.2 Å². The zero-order valence-corrected chi connectivity index (χ0v) is 25.1. The van der Waals surface area contributed by atoms with Crippen molar-refractivity contribution in [3.8, 4) is 17.2 Å². The summed E-state index contributed by atoms with van der Waals surface area (Å²) in [5, 5.41) is 14.3. The molecule has 0 bridgehead atoms. The summed E-state index contributed by atoms with van der Waals surface area (Å²) in [7, 11) is 0. The Hall–Kier alpha value is -4.04. The lowest BCUT2D eigenvalue weighted by atomic mass is 10.1. The van der Waals surface area contributed by atoms with E-state index in [1.807, 2.05) is 50.2 Å². The van der Waals surface area contributed by atoms with Gasteiger partial charge in [-0.2, -0.15) is 0 Å². The summed E-state index contributed by atoms with van der Waals surface area (Å²) in [6, 6.07) is 24.2. The van der Waals surface area contributed by atoms with Gasteiger partial charge in [0.2, 0.25) is 0 Å². The Bertz CT molecular complexity index is 1550. The molecular formula is C33H32Cl2N2O5. The van der Waals surface area contributed by atoms with Gasteiger partial charge in [0.05, 0.1) is 16.7 Å². The van der Waals surface area contributed by atoms with Gasteiger partial charge in [-0.3, -0.25) is 9.69 Å². The second kappa shape index (κ2) is 14.2. The fourth-order valence-corrected chi connectivity index (χ4v) is 4.90. The highest BCUT2D eigenvalue weighted by Gasteiger charge is 2.18. The van der Waals surface area contributed by atoms with Crippen LogP contribution in [0.3, 0.4) is 0 Å². The van der Waals surface area contributed by atoms with Gasteiger partial charge < -0.3 is 19.9 Å². The lowest BCUT2D eigenvalue weighted by Crippen LogP contribution is -2.25. The maximum absolute atomic E-state index is 12.1. The van der Waals surface area contributed by atoms with E-state index in [1.54, 1.807) is 37.3 Å². The summed E-state index contributed by atoms with van der Waals surface area (Å²) in [5.74, 6) is -0.470. The fourth-order valence-electron chi connectivity index (χ4n) is 4.58. The minimum absolute atomic E-state index is 0.116. The smallest absolute Gasteiger partial charge is 0.397 e. The number of nitrogens with zero attached hydrogens (tertiary/aromatic N) is 1. The van der Waals surface area contributed by atoms with Crippen molar-refractivity contribution in [1.29, 1.82) is 0 Å². The number of phenols is 1. The number of carbonyl (C=O) groups is 2. The molecule has 0 radical (unpaired) electrons. The van der Waals surface area contributed by atoms with Gasteiger partial charge in [0, 0.05) is 30.9 Å². The number of hydrogen-bond acceptors (Lipinski definition) is 6. The molecule has 0 unspecified atom stereocenters. The van der Waals surface area contributed by atoms with E-state index in [-0.39, 0.29) is 12.4 Å². The summed E-state index contributed by atoms with van der Waals surface area (Å²) >= 11 is 12.4. The van der Waals surface area contributed by atoms with Gasteiger partial charge in [-0.15, -0.1) is 0 Å². The molecule has 7 nitrogen and oxygen atoms in total.